The van der Waals surface area contributed by atoms with E-state index < -0.39 is 46.9 Å². The van der Waals surface area contributed by atoms with Gasteiger partial charge in [-0.2, -0.15) is 4.58 Å². The summed E-state index contributed by atoms with van der Waals surface area (Å²) in [4.78, 5) is 29.4. The molecule has 3 aliphatic heterocycles. The van der Waals surface area contributed by atoms with Crippen molar-refractivity contribution in [3.05, 3.63) is 161 Å². The minimum atomic E-state index is -4.75. The summed E-state index contributed by atoms with van der Waals surface area (Å²) in [5.74, 6) is 5.54. The van der Waals surface area contributed by atoms with Gasteiger partial charge in [-0.1, -0.05) is 86.4 Å². The summed E-state index contributed by atoms with van der Waals surface area (Å²) < 4.78 is 108. The fourth-order valence-corrected chi connectivity index (χ4v) is 10.9. The molecule has 0 atom stereocenters. The van der Waals surface area contributed by atoms with Crippen LogP contribution in [0.2, 0.25) is 0 Å². The molecule has 2 amide bonds. The topological polar surface area (TPSA) is 227 Å². The van der Waals surface area contributed by atoms with Crippen LogP contribution in [-0.4, -0.2) is 86.4 Å². The van der Waals surface area contributed by atoms with E-state index in [-0.39, 0.29) is 157 Å². The van der Waals surface area contributed by atoms with E-state index in [0.717, 1.165) is 33.8 Å². The number of anilines is 2. The summed E-state index contributed by atoms with van der Waals surface area (Å²) in [6.45, 7) is 8.85. The van der Waals surface area contributed by atoms with E-state index in [1.807, 2.05) is 93.3 Å². The van der Waals surface area contributed by atoms with Gasteiger partial charge in [0, 0.05) is 83.7 Å². The number of carbonyl (C=O) groups excluding carboxylic acids is 2. The van der Waals surface area contributed by atoms with Gasteiger partial charge >= 0.3 is 103 Å². The first-order chi connectivity index (χ1) is 34.0. The van der Waals surface area contributed by atoms with Crippen molar-refractivity contribution in [2.75, 3.05) is 35.2 Å². The Balaban J connectivity index is 0.00000507. The summed E-state index contributed by atoms with van der Waals surface area (Å²) in [6.07, 6.45) is 15.1. The largest absolute Gasteiger partial charge is 1.00 e. The molecule has 4 aromatic carbocycles. The van der Waals surface area contributed by atoms with Gasteiger partial charge in [0.25, 0.3) is 0 Å². The number of allylic oxidation sites excluding steroid dienone is 8. The van der Waals surface area contributed by atoms with Crippen molar-refractivity contribution in [3.8, 4) is 11.8 Å². The van der Waals surface area contributed by atoms with Crippen LogP contribution in [0, 0.1) is 11.8 Å². The Labute approximate surface area is 520 Å². The van der Waals surface area contributed by atoms with Gasteiger partial charge in [-0.15, -0.1) is 0 Å². The Bertz CT molecular complexity index is 3370. The van der Waals surface area contributed by atoms with Crippen molar-refractivity contribution in [1.82, 2.24) is 5.32 Å². The maximum atomic E-state index is 13.6. The van der Waals surface area contributed by atoms with Gasteiger partial charge in [0.2, 0.25) is 17.5 Å². The molecule has 4 aromatic rings. The quantitative estimate of drug-likeness (QED) is 0.0349. The third-order valence-electron chi connectivity index (χ3n) is 13.2. The van der Waals surface area contributed by atoms with Gasteiger partial charge in [-0.25, -0.2) is 25.3 Å². The Morgan fingerprint density at radius 2 is 1.31 bits per heavy atom. The number of fused-ring (bicyclic) bond motifs is 4. The van der Waals surface area contributed by atoms with Crippen LogP contribution in [0.3, 0.4) is 0 Å². The van der Waals surface area contributed by atoms with Gasteiger partial charge in [0.1, 0.15) is 26.8 Å². The average Bonchev–Trinajstić information content (AvgIpc) is 3.65. The van der Waals surface area contributed by atoms with Gasteiger partial charge in [-0.05, 0) is 98.8 Å². The van der Waals surface area contributed by atoms with E-state index >= 15 is 0 Å². The van der Waals surface area contributed by atoms with E-state index in [0.29, 0.717) is 54.9 Å². The molecular weight excluding hydrogens is 1060 g/mol. The minimum absolute atomic E-state index is 0. The molecule has 0 aliphatic carbocycles. The Hall–Kier alpha value is -3.19. The van der Waals surface area contributed by atoms with Crippen LogP contribution < -0.4 is 118 Å². The number of hydrogen-bond acceptors (Lipinski definition) is 12. The van der Waals surface area contributed by atoms with Crippen molar-refractivity contribution in [2.45, 2.75) is 93.4 Å². The summed E-state index contributed by atoms with van der Waals surface area (Å²) in [5, 5.41) is 2.90. The monoisotopic (exact) mass is 1110 g/mol. The number of carbonyl (C=O) groups is 2. The molecule has 15 nitrogen and oxygen atoms in total. The Morgan fingerprint density at radius 1 is 0.689 bits per heavy atom. The molecule has 0 saturated heterocycles. The van der Waals surface area contributed by atoms with Crippen LogP contribution in [0.4, 0.5) is 17.1 Å². The van der Waals surface area contributed by atoms with E-state index in [9.17, 15) is 48.5 Å². The second-order valence-corrected chi connectivity index (χ2v) is 23.1. The van der Waals surface area contributed by atoms with Crippen molar-refractivity contribution in [2.24, 2.45) is 0 Å². The number of hydrogen-bond donors (Lipinski definition) is 1. The van der Waals surface area contributed by atoms with Gasteiger partial charge in [0.05, 0.1) is 37.6 Å². The number of benzene rings is 4. The third-order valence-corrected chi connectivity index (χ3v) is 15.6. The average molecular weight is 1110 g/mol. The molecule has 20 heteroatoms. The molecule has 0 spiro atoms. The van der Waals surface area contributed by atoms with E-state index in [1.165, 1.54) is 30.3 Å². The van der Waals surface area contributed by atoms with Gasteiger partial charge in [0.15, 0.2) is 5.71 Å². The van der Waals surface area contributed by atoms with E-state index in [4.69, 9.17) is 0 Å². The third kappa shape index (κ3) is 15.1. The van der Waals surface area contributed by atoms with Gasteiger partial charge in [-0.3, -0.25) is 9.59 Å². The van der Waals surface area contributed by atoms with Crippen molar-refractivity contribution in [1.29, 1.82) is 0 Å². The Morgan fingerprint density at radius 3 is 2.01 bits per heavy atom. The van der Waals surface area contributed by atoms with Crippen LogP contribution in [0.5, 0.6) is 0 Å². The molecule has 0 saturated carbocycles. The molecule has 0 unspecified atom stereocenters. The Kier molecular flexibility index (Phi) is 21.6. The second kappa shape index (κ2) is 26.0. The first kappa shape index (κ1) is 61.7. The predicted octanol–water partition coefficient (Wildman–Crippen LogP) is 1.18. The minimum Gasteiger partial charge on any atom is -0.748 e. The number of unbranched alkanes of at least 4 members (excludes halogenated alkanes) is 2. The molecular formula is C54H56K2N4O11S3. The van der Waals surface area contributed by atoms with Crippen molar-refractivity contribution < 1.29 is 156 Å². The summed E-state index contributed by atoms with van der Waals surface area (Å²) in [5.41, 5.74) is 5.94. The number of rotatable bonds is 19. The van der Waals surface area contributed by atoms with Crippen molar-refractivity contribution in [3.63, 3.8) is 0 Å². The fraction of sp³-hybridized carbons (Fsp3) is 0.315. The van der Waals surface area contributed by atoms with Crippen LogP contribution in [-0.2, 0) is 57.3 Å². The molecule has 7 rings (SSSR count). The van der Waals surface area contributed by atoms with Crippen molar-refractivity contribution >= 4 is 64.9 Å². The second-order valence-electron chi connectivity index (χ2n) is 18.8. The van der Waals surface area contributed by atoms with Crippen LogP contribution in [0.25, 0.3) is 0 Å². The molecule has 74 heavy (non-hydrogen) atoms. The maximum Gasteiger partial charge on any atom is 1.00 e. The normalized spacial score (nSPS) is 16.2. The fourth-order valence-electron chi connectivity index (χ4n) is 9.46. The van der Waals surface area contributed by atoms with Gasteiger partial charge < -0.3 is 28.8 Å². The summed E-state index contributed by atoms with van der Waals surface area (Å²) in [6, 6.07) is 23.7. The summed E-state index contributed by atoms with van der Waals surface area (Å²) in [7, 11) is -14.0. The predicted molar refractivity (Wildman–Crippen MR) is 273 cm³/mol. The molecule has 0 bridgehead atoms. The SMILES string of the molecule is CC1(C)C(/C=C/C=C/C=C/C=C2/N(CCCS(=O)(=O)[O-])c3ccc(S(=O)(=O)[O-])cc3C2(C)C)=[N+](CCCCCC(=O)NCCC(=O)N2Cc3ccccc3C#Cc3ccccc32)c2ccc(S(=O)(=O)[O-])cc21.[K+].[K+]. The van der Waals surface area contributed by atoms with Crippen LogP contribution >= 0.6 is 0 Å². The smallest absolute Gasteiger partial charge is 0.748 e. The van der Waals surface area contributed by atoms with E-state index in [1.54, 1.807) is 41.3 Å². The zero-order chi connectivity index (χ0) is 52.1. The number of amides is 2. The molecule has 3 aliphatic rings. The number of nitrogens with zero attached hydrogens (tertiary/aromatic N) is 3. The van der Waals surface area contributed by atoms with E-state index in [2.05, 4.69) is 21.7 Å². The van der Waals surface area contributed by atoms with Crippen LogP contribution in [0.15, 0.2) is 143 Å². The molecule has 3 heterocycles. The first-order valence-electron chi connectivity index (χ1n) is 23.5. The zero-order valence-corrected chi connectivity index (χ0v) is 51.2. The number of para-hydroxylation sites is 1. The molecule has 0 aromatic heterocycles. The first-order valence-corrected chi connectivity index (χ1v) is 27.9. The molecule has 1 N–H and O–H groups in total. The number of nitrogens with one attached hydrogen (secondary N) is 1. The zero-order valence-electron chi connectivity index (χ0n) is 42.5. The molecule has 0 radical (unpaired) electrons. The van der Waals surface area contributed by atoms with Crippen LogP contribution in [0.1, 0.15) is 94.0 Å². The maximum absolute atomic E-state index is 13.6. The standard InChI is InChI=1S/C54H58N4O11S3.2K/c1-53(2)44-36-42(71(64,65)66)27-29-47(44)56(33-16-8-11-24-51(59)55-32-31-52(60)58-38-41-20-13-12-18-39(41)25-26-40-19-14-15-21-46(40)58)49(53)22-9-6-5-7-10-23-50-54(3,4)45-37-43(72(67,68)69)28-30-48(45)57(50)34-17-35-70(61,62)63;;/h5-7,9-10,12-15,18-23,27-30,36-37H,8,11,16-17,24,31-35,38H2,1-4H3,(H3-,55,59,61,62,63,64,65,66,67,68,69);;/q;2*+1/p-2. The molecule has 0 fully saturated rings. The molecule has 378 valence electrons. The summed E-state index contributed by atoms with van der Waals surface area (Å²) >= 11 is 0.